The summed E-state index contributed by atoms with van der Waals surface area (Å²) in [6, 6.07) is 4.07. The number of amides is 1. The van der Waals surface area contributed by atoms with Crippen LogP contribution >= 0.6 is 0 Å². The lowest BCUT2D eigenvalue weighted by atomic mass is 10.2. The van der Waals surface area contributed by atoms with Crippen molar-refractivity contribution in [1.82, 2.24) is 19.4 Å². The Morgan fingerprint density at radius 2 is 1.96 bits per heavy atom. The van der Waals surface area contributed by atoms with Crippen LogP contribution in [0.2, 0.25) is 0 Å². The summed E-state index contributed by atoms with van der Waals surface area (Å²) < 4.78 is 2.06. The number of hydrogen-bond acceptors (Lipinski definition) is 4. The number of aromatic nitrogens is 3. The van der Waals surface area contributed by atoms with Crippen molar-refractivity contribution < 1.29 is 4.79 Å². The zero-order valence-corrected chi connectivity index (χ0v) is 16.8. The van der Waals surface area contributed by atoms with Crippen LogP contribution in [-0.2, 0) is 13.0 Å². The van der Waals surface area contributed by atoms with Crippen LogP contribution in [-0.4, -0.2) is 38.9 Å². The van der Waals surface area contributed by atoms with Gasteiger partial charge in [0, 0.05) is 31.9 Å². The van der Waals surface area contributed by atoms with E-state index in [0.717, 1.165) is 42.8 Å². The Bertz CT molecular complexity index is 837. The van der Waals surface area contributed by atoms with Gasteiger partial charge in [-0.3, -0.25) is 14.7 Å². The topological polar surface area (TPSA) is 54.3 Å². The number of hydrogen-bond donors (Lipinski definition) is 0. The van der Waals surface area contributed by atoms with Crippen molar-refractivity contribution in [3.8, 4) is 0 Å². The third kappa shape index (κ3) is 3.61. The monoisotopic (exact) mass is 367 g/mol. The van der Waals surface area contributed by atoms with Gasteiger partial charge in [0.25, 0.3) is 5.91 Å². The van der Waals surface area contributed by atoms with E-state index in [0.29, 0.717) is 30.4 Å². The summed E-state index contributed by atoms with van der Waals surface area (Å²) >= 11 is 0. The van der Waals surface area contributed by atoms with E-state index >= 15 is 0 Å². The molecule has 144 valence electrons. The van der Waals surface area contributed by atoms with Crippen molar-refractivity contribution in [1.29, 1.82) is 0 Å². The zero-order valence-electron chi connectivity index (χ0n) is 16.8. The largest absolute Gasteiger partial charge is 0.318 e. The molecule has 27 heavy (non-hydrogen) atoms. The van der Waals surface area contributed by atoms with Crippen molar-refractivity contribution in [3.05, 3.63) is 53.5 Å². The third-order valence-electron chi connectivity index (χ3n) is 5.01. The lowest BCUT2D eigenvalue weighted by Gasteiger charge is -2.35. The minimum Gasteiger partial charge on any atom is -0.318 e. The highest BCUT2D eigenvalue weighted by Gasteiger charge is 2.36. The predicted octanol–water partition coefficient (Wildman–Crippen LogP) is 3.75. The minimum absolute atomic E-state index is 0.00326. The van der Waals surface area contributed by atoms with Crippen molar-refractivity contribution in [2.45, 2.75) is 53.0 Å². The molecule has 0 atom stereocenters. The van der Waals surface area contributed by atoms with E-state index in [1.54, 1.807) is 4.90 Å². The standard InChI is InChI=1S/C21H29N5O/c1-6-8-12-25-16(4)24(5)20-19(21(25)27)26(18(23-20)9-7-2)14-17-11-10-15(3)22-13-17/h10-11,13H,4,6-9,12,14H2,1-3,5H3. The van der Waals surface area contributed by atoms with Crippen LogP contribution in [0.25, 0.3) is 0 Å². The first-order valence-electron chi connectivity index (χ1n) is 9.73. The first kappa shape index (κ1) is 19.1. The lowest BCUT2D eigenvalue weighted by molar-refractivity contribution is 0.0781. The summed E-state index contributed by atoms with van der Waals surface area (Å²) in [6.45, 7) is 11.6. The van der Waals surface area contributed by atoms with Crippen LogP contribution in [0.15, 0.2) is 30.7 Å². The molecule has 0 aromatic carbocycles. The molecule has 0 unspecified atom stereocenters. The van der Waals surface area contributed by atoms with E-state index in [2.05, 4.69) is 36.0 Å². The molecule has 3 heterocycles. The number of imidazole rings is 1. The summed E-state index contributed by atoms with van der Waals surface area (Å²) in [7, 11) is 1.94. The second kappa shape index (κ2) is 7.94. The Labute approximate surface area is 161 Å². The van der Waals surface area contributed by atoms with Crippen molar-refractivity contribution in [2.24, 2.45) is 0 Å². The van der Waals surface area contributed by atoms with E-state index in [1.807, 2.05) is 31.1 Å². The van der Waals surface area contributed by atoms with Gasteiger partial charge in [0.2, 0.25) is 0 Å². The molecule has 0 saturated heterocycles. The SMILES string of the molecule is C=C1N(CCCC)C(=O)c2c(nc(CCC)n2Cc2ccc(C)nc2)N1C. The number of nitrogens with zero attached hydrogens (tertiary/aromatic N) is 5. The zero-order chi connectivity index (χ0) is 19.6. The summed E-state index contributed by atoms with van der Waals surface area (Å²) in [5.74, 6) is 2.34. The number of aryl methyl sites for hydroxylation is 2. The number of anilines is 1. The van der Waals surface area contributed by atoms with Gasteiger partial charge in [-0.2, -0.15) is 0 Å². The smallest absolute Gasteiger partial charge is 0.279 e. The van der Waals surface area contributed by atoms with E-state index in [4.69, 9.17) is 4.98 Å². The Morgan fingerprint density at radius 1 is 1.19 bits per heavy atom. The number of carbonyl (C=O) groups is 1. The fourth-order valence-corrected chi connectivity index (χ4v) is 3.38. The molecule has 1 aliphatic rings. The molecule has 6 nitrogen and oxygen atoms in total. The Kier molecular flexibility index (Phi) is 5.63. The van der Waals surface area contributed by atoms with Crippen molar-refractivity contribution in [3.63, 3.8) is 0 Å². The van der Waals surface area contributed by atoms with Gasteiger partial charge >= 0.3 is 0 Å². The van der Waals surface area contributed by atoms with Gasteiger partial charge in [0.1, 0.15) is 11.6 Å². The first-order valence-corrected chi connectivity index (χ1v) is 9.73. The maximum atomic E-state index is 13.3. The van der Waals surface area contributed by atoms with Gasteiger partial charge in [0.05, 0.1) is 6.54 Å². The molecule has 0 aliphatic carbocycles. The fourth-order valence-electron chi connectivity index (χ4n) is 3.38. The highest BCUT2D eigenvalue weighted by Crippen LogP contribution is 2.32. The van der Waals surface area contributed by atoms with Crippen LogP contribution in [0.4, 0.5) is 5.82 Å². The molecule has 0 fully saturated rings. The van der Waals surface area contributed by atoms with Crippen LogP contribution in [0.5, 0.6) is 0 Å². The van der Waals surface area contributed by atoms with Gasteiger partial charge in [-0.25, -0.2) is 4.98 Å². The van der Waals surface area contributed by atoms with E-state index in [-0.39, 0.29) is 5.91 Å². The average molecular weight is 367 g/mol. The van der Waals surface area contributed by atoms with E-state index in [9.17, 15) is 4.79 Å². The number of carbonyl (C=O) groups excluding carboxylic acids is 1. The molecular weight excluding hydrogens is 338 g/mol. The van der Waals surface area contributed by atoms with Crippen LogP contribution < -0.4 is 4.90 Å². The molecule has 0 N–H and O–H groups in total. The van der Waals surface area contributed by atoms with Gasteiger partial charge < -0.3 is 9.47 Å². The highest BCUT2D eigenvalue weighted by molar-refractivity contribution is 6.01. The predicted molar refractivity (Wildman–Crippen MR) is 108 cm³/mol. The summed E-state index contributed by atoms with van der Waals surface area (Å²) in [6.07, 6.45) is 5.66. The quantitative estimate of drug-likeness (QED) is 0.748. The first-order chi connectivity index (χ1) is 13.0. The molecule has 0 bridgehead atoms. The molecule has 3 rings (SSSR count). The second-order valence-corrected chi connectivity index (χ2v) is 7.13. The average Bonchev–Trinajstić information content (AvgIpc) is 3.00. The summed E-state index contributed by atoms with van der Waals surface area (Å²) in [5.41, 5.74) is 2.71. The molecule has 0 spiro atoms. The Balaban J connectivity index is 2.05. The minimum atomic E-state index is -0.00326. The van der Waals surface area contributed by atoms with Crippen molar-refractivity contribution >= 4 is 11.7 Å². The summed E-state index contributed by atoms with van der Waals surface area (Å²) in [5, 5.41) is 0. The number of pyridine rings is 1. The van der Waals surface area contributed by atoms with Gasteiger partial charge in [-0.15, -0.1) is 0 Å². The lowest BCUT2D eigenvalue weighted by Crippen LogP contribution is -2.43. The molecule has 1 aliphatic heterocycles. The van der Waals surface area contributed by atoms with Crippen LogP contribution in [0.1, 0.15) is 60.7 Å². The molecule has 1 amide bonds. The Morgan fingerprint density at radius 3 is 2.59 bits per heavy atom. The second-order valence-electron chi connectivity index (χ2n) is 7.13. The summed E-state index contributed by atoms with van der Waals surface area (Å²) in [4.78, 5) is 26.3. The number of rotatable bonds is 7. The fraction of sp³-hybridized carbons (Fsp3) is 0.476. The molecule has 0 radical (unpaired) electrons. The number of fused-ring (bicyclic) bond motifs is 1. The number of unbranched alkanes of at least 4 members (excludes halogenated alkanes) is 1. The van der Waals surface area contributed by atoms with Gasteiger partial charge in [-0.1, -0.05) is 32.9 Å². The molecular formula is C21H29N5O. The van der Waals surface area contributed by atoms with Gasteiger partial charge in [0.15, 0.2) is 11.5 Å². The van der Waals surface area contributed by atoms with E-state index < -0.39 is 0 Å². The normalized spacial score (nSPS) is 14.1. The van der Waals surface area contributed by atoms with Gasteiger partial charge in [-0.05, 0) is 31.4 Å². The molecule has 0 saturated carbocycles. The maximum Gasteiger partial charge on any atom is 0.279 e. The third-order valence-corrected chi connectivity index (χ3v) is 5.01. The molecule has 2 aromatic rings. The molecule has 2 aromatic heterocycles. The Hall–Kier alpha value is -2.63. The van der Waals surface area contributed by atoms with E-state index in [1.165, 1.54) is 0 Å². The molecule has 6 heteroatoms. The highest BCUT2D eigenvalue weighted by atomic mass is 16.2. The van der Waals surface area contributed by atoms with Crippen molar-refractivity contribution in [2.75, 3.05) is 18.5 Å². The van der Waals surface area contributed by atoms with Crippen LogP contribution in [0, 0.1) is 6.92 Å². The maximum absolute atomic E-state index is 13.3. The van der Waals surface area contributed by atoms with Crippen LogP contribution in [0.3, 0.4) is 0 Å².